The van der Waals surface area contributed by atoms with Crippen molar-refractivity contribution in [2.75, 3.05) is 26.1 Å². The summed E-state index contributed by atoms with van der Waals surface area (Å²) in [6, 6.07) is 10.4. The summed E-state index contributed by atoms with van der Waals surface area (Å²) in [4.78, 5) is 12.8. The average molecular weight is 500 g/mol. The number of hydrogen-bond donors (Lipinski definition) is 2. The summed E-state index contributed by atoms with van der Waals surface area (Å²) in [5.74, 6) is 1.14. The molecule has 2 rings (SSSR count). The highest BCUT2D eigenvalue weighted by molar-refractivity contribution is 6.05. The van der Waals surface area contributed by atoms with Crippen molar-refractivity contribution in [3.05, 3.63) is 47.5 Å². The van der Waals surface area contributed by atoms with Gasteiger partial charge in [-0.3, -0.25) is 4.79 Å². The SMILES string of the molecule is CCCCCCCCCCCCCCOc1c(OC)cc(C(=O)Nc2cccc(CO)c2)cc1OC. The van der Waals surface area contributed by atoms with Gasteiger partial charge in [0.05, 0.1) is 27.4 Å². The minimum Gasteiger partial charge on any atom is -0.493 e. The van der Waals surface area contributed by atoms with E-state index in [-0.39, 0.29) is 12.5 Å². The number of hydrogen-bond acceptors (Lipinski definition) is 5. The second-order valence-electron chi connectivity index (χ2n) is 9.26. The lowest BCUT2D eigenvalue weighted by molar-refractivity contribution is 0.102. The number of benzene rings is 2. The van der Waals surface area contributed by atoms with E-state index in [1.54, 1.807) is 50.6 Å². The summed E-state index contributed by atoms with van der Waals surface area (Å²) in [6.07, 6.45) is 15.5. The molecule has 0 heterocycles. The van der Waals surface area contributed by atoms with Crippen LogP contribution in [0.3, 0.4) is 0 Å². The van der Waals surface area contributed by atoms with Crippen LogP contribution in [0.25, 0.3) is 0 Å². The molecule has 0 atom stereocenters. The second kappa shape index (κ2) is 17.7. The smallest absolute Gasteiger partial charge is 0.255 e. The van der Waals surface area contributed by atoms with Crippen molar-refractivity contribution in [1.82, 2.24) is 0 Å². The quantitative estimate of drug-likeness (QED) is 0.195. The molecule has 200 valence electrons. The van der Waals surface area contributed by atoms with Gasteiger partial charge in [-0.15, -0.1) is 0 Å². The Labute approximate surface area is 217 Å². The van der Waals surface area contributed by atoms with Gasteiger partial charge in [0.25, 0.3) is 5.91 Å². The summed E-state index contributed by atoms with van der Waals surface area (Å²) in [7, 11) is 3.11. The number of aliphatic hydroxyl groups excluding tert-OH is 1. The largest absolute Gasteiger partial charge is 0.493 e. The first-order valence-electron chi connectivity index (χ1n) is 13.5. The van der Waals surface area contributed by atoms with Crippen LogP contribution in [0.5, 0.6) is 17.2 Å². The summed E-state index contributed by atoms with van der Waals surface area (Å²) in [5.41, 5.74) is 1.73. The van der Waals surface area contributed by atoms with Crippen LogP contribution in [0.4, 0.5) is 5.69 Å². The van der Waals surface area contributed by atoms with Crippen LogP contribution >= 0.6 is 0 Å². The zero-order valence-corrected chi connectivity index (χ0v) is 22.4. The van der Waals surface area contributed by atoms with Crippen molar-refractivity contribution in [2.24, 2.45) is 0 Å². The maximum absolute atomic E-state index is 12.8. The minimum absolute atomic E-state index is 0.0867. The van der Waals surface area contributed by atoms with Gasteiger partial charge in [-0.2, -0.15) is 0 Å². The predicted octanol–water partition coefficient (Wildman–Crippen LogP) is 7.53. The lowest BCUT2D eigenvalue weighted by Gasteiger charge is -2.16. The van der Waals surface area contributed by atoms with Gasteiger partial charge < -0.3 is 24.6 Å². The molecule has 0 fully saturated rings. The van der Waals surface area contributed by atoms with Crippen LogP contribution in [0, 0.1) is 0 Å². The van der Waals surface area contributed by atoms with Gasteiger partial charge in [0, 0.05) is 11.3 Å². The highest BCUT2D eigenvalue weighted by atomic mass is 16.5. The predicted molar refractivity (Wildman–Crippen MR) is 146 cm³/mol. The molecule has 0 radical (unpaired) electrons. The number of anilines is 1. The summed E-state index contributed by atoms with van der Waals surface area (Å²) >= 11 is 0. The van der Waals surface area contributed by atoms with E-state index < -0.39 is 0 Å². The second-order valence-corrected chi connectivity index (χ2v) is 9.26. The third-order valence-corrected chi connectivity index (χ3v) is 6.33. The molecule has 0 aromatic heterocycles. The van der Waals surface area contributed by atoms with E-state index in [4.69, 9.17) is 14.2 Å². The van der Waals surface area contributed by atoms with E-state index in [2.05, 4.69) is 12.2 Å². The number of ether oxygens (including phenoxy) is 3. The summed E-state index contributed by atoms with van der Waals surface area (Å²) < 4.78 is 17.0. The number of carbonyl (C=O) groups is 1. The molecule has 1 amide bonds. The maximum atomic E-state index is 12.8. The lowest BCUT2D eigenvalue weighted by Crippen LogP contribution is -2.13. The fraction of sp³-hybridized carbons (Fsp3) is 0.567. The summed E-state index contributed by atoms with van der Waals surface area (Å²) in [6.45, 7) is 2.75. The highest BCUT2D eigenvalue weighted by Gasteiger charge is 2.18. The van der Waals surface area contributed by atoms with Crippen molar-refractivity contribution in [1.29, 1.82) is 0 Å². The monoisotopic (exact) mass is 499 g/mol. The van der Waals surface area contributed by atoms with Gasteiger partial charge in [-0.1, -0.05) is 89.7 Å². The first kappa shape index (κ1) is 29.5. The molecular formula is C30H45NO5. The highest BCUT2D eigenvalue weighted by Crippen LogP contribution is 2.39. The molecule has 36 heavy (non-hydrogen) atoms. The molecule has 0 saturated heterocycles. The third kappa shape index (κ3) is 10.5. The topological polar surface area (TPSA) is 77.0 Å². The molecule has 0 aliphatic heterocycles. The van der Waals surface area contributed by atoms with Crippen LogP contribution < -0.4 is 19.5 Å². The van der Waals surface area contributed by atoms with E-state index in [1.807, 2.05) is 0 Å². The van der Waals surface area contributed by atoms with E-state index in [0.717, 1.165) is 18.4 Å². The first-order valence-corrected chi connectivity index (χ1v) is 13.5. The number of amides is 1. The Bertz CT molecular complexity index is 874. The molecular weight excluding hydrogens is 454 g/mol. The number of rotatable bonds is 19. The Balaban J connectivity index is 1.78. The fourth-order valence-electron chi connectivity index (χ4n) is 4.22. The van der Waals surface area contributed by atoms with Crippen molar-refractivity contribution in [2.45, 2.75) is 90.6 Å². The Hall–Kier alpha value is -2.73. The normalized spacial score (nSPS) is 10.8. The number of methoxy groups -OCH3 is 2. The van der Waals surface area contributed by atoms with Crippen molar-refractivity contribution < 1.29 is 24.1 Å². The van der Waals surface area contributed by atoms with Crippen LogP contribution in [0.15, 0.2) is 36.4 Å². The maximum Gasteiger partial charge on any atom is 0.255 e. The van der Waals surface area contributed by atoms with Crippen LogP contribution in [-0.4, -0.2) is 31.8 Å². The van der Waals surface area contributed by atoms with E-state index >= 15 is 0 Å². The van der Waals surface area contributed by atoms with Crippen LogP contribution in [0.1, 0.15) is 99.9 Å². The molecule has 0 saturated carbocycles. The van der Waals surface area contributed by atoms with Crippen molar-refractivity contribution >= 4 is 11.6 Å². The Morgan fingerprint density at radius 1 is 0.806 bits per heavy atom. The van der Waals surface area contributed by atoms with Crippen molar-refractivity contribution in [3.63, 3.8) is 0 Å². The number of carbonyl (C=O) groups excluding carboxylic acids is 1. The van der Waals surface area contributed by atoms with Crippen molar-refractivity contribution in [3.8, 4) is 17.2 Å². The van der Waals surface area contributed by atoms with Crippen LogP contribution in [-0.2, 0) is 6.61 Å². The van der Waals surface area contributed by atoms with E-state index in [9.17, 15) is 9.90 Å². The minimum atomic E-state index is -0.297. The molecule has 0 aliphatic rings. The van der Waals surface area contributed by atoms with Gasteiger partial charge >= 0.3 is 0 Å². The van der Waals surface area contributed by atoms with Gasteiger partial charge in [0.1, 0.15) is 0 Å². The standard InChI is InChI=1S/C30H45NO5/c1-4-5-6-7-8-9-10-11-12-13-14-15-19-36-29-27(34-2)21-25(22-28(29)35-3)30(33)31-26-18-16-17-24(20-26)23-32/h16-18,20-22,32H,4-15,19,23H2,1-3H3,(H,31,33). The molecule has 2 aromatic carbocycles. The molecule has 6 nitrogen and oxygen atoms in total. The van der Waals surface area contributed by atoms with Gasteiger partial charge in [-0.25, -0.2) is 0 Å². The number of unbranched alkanes of at least 4 members (excludes halogenated alkanes) is 11. The summed E-state index contributed by atoms with van der Waals surface area (Å²) in [5, 5.41) is 12.2. The lowest BCUT2D eigenvalue weighted by atomic mass is 10.1. The van der Waals surface area contributed by atoms with Gasteiger partial charge in [0.15, 0.2) is 11.5 Å². The number of aliphatic hydroxyl groups is 1. The third-order valence-electron chi connectivity index (χ3n) is 6.33. The van der Waals surface area contributed by atoms with E-state index in [0.29, 0.717) is 35.1 Å². The Morgan fingerprint density at radius 3 is 1.89 bits per heavy atom. The van der Waals surface area contributed by atoms with Gasteiger partial charge in [0.2, 0.25) is 5.75 Å². The molecule has 2 N–H and O–H groups in total. The average Bonchev–Trinajstić information content (AvgIpc) is 2.91. The molecule has 0 unspecified atom stereocenters. The molecule has 2 aromatic rings. The number of nitrogens with one attached hydrogen (secondary N) is 1. The molecule has 6 heteroatoms. The first-order chi connectivity index (χ1) is 17.6. The molecule has 0 spiro atoms. The molecule has 0 aliphatic carbocycles. The van der Waals surface area contributed by atoms with Crippen LogP contribution in [0.2, 0.25) is 0 Å². The molecule has 0 bridgehead atoms. The Morgan fingerprint density at radius 2 is 1.36 bits per heavy atom. The van der Waals surface area contributed by atoms with Gasteiger partial charge in [-0.05, 0) is 36.2 Å². The van der Waals surface area contributed by atoms with E-state index in [1.165, 1.54) is 64.2 Å². The fourth-order valence-corrected chi connectivity index (χ4v) is 4.22. The zero-order chi connectivity index (χ0) is 26.0. The zero-order valence-electron chi connectivity index (χ0n) is 22.4. The Kier molecular flexibility index (Phi) is 14.5.